The van der Waals surface area contributed by atoms with E-state index in [4.69, 9.17) is 0 Å². The zero-order valence-corrected chi connectivity index (χ0v) is 15.6. The van der Waals surface area contributed by atoms with Crippen molar-refractivity contribution < 1.29 is 4.79 Å². The van der Waals surface area contributed by atoms with Gasteiger partial charge in [0, 0.05) is 45.8 Å². The molecule has 0 atom stereocenters. The molecule has 4 rings (SSSR count). The standard InChI is InChI=1S/C19H33N5O/c1-20-18(21-14-19(7-2-8-19)15-3-4-15)24-11-9-23(10-12-24)13-17(25)22-16-5-6-16/h15-16H,2-14H2,1H3,(H,20,21)(H,22,25). The number of carbonyl (C=O) groups is 1. The monoisotopic (exact) mass is 347 g/mol. The highest BCUT2D eigenvalue weighted by atomic mass is 16.2. The fourth-order valence-corrected chi connectivity index (χ4v) is 4.47. The number of guanidine groups is 1. The Morgan fingerprint density at radius 3 is 2.36 bits per heavy atom. The van der Waals surface area contributed by atoms with Crippen LogP contribution in [0.1, 0.15) is 44.9 Å². The topological polar surface area (TPSA) is 60.0 Å². The van der Waals surface area contributed by atoms with E-state index in [0.29, 0.717) is 18.0 Å². The summed E-state index contributed by atoms with van der Waals surface area (Å²) < 4.78 is 0. The van der Waals surface area contributed by atoms with Gasteiger partial charge in [-0.3, -0.25) is 14.7 Å². The molecule has 4 fully saturated rings. The van der Waals surface area contributed by atoms with Gasteiger partial charge in [0.2, 0.25) is 5.91 Å². The van der Waals surface area contributed by atoms with Crippen molar-refractivity contribution in [1.29, 1.82) is 0 Å². The minimum Gasteiger partial charge on any atom is -0.356 e. The number of carbonyl (C=O) groups excluding carboxylic acids is 1. The van der Waals surface area contributed by atoms with E-state index in [0.717, 1.165) is 57.4 Å². The molecule has 0 unspecified atom stereocenters. The Morgan fingerprint density at radius 2 is 1.84 bits per heavy atom. The predicted octanol–water partition coefficient (Wildman–Crippen LogP) is 1.04. The number of piperazine rings is 1. The van der Waals surface area contributed by atoms with Crippen LogP contribution in [0, 0.1) is 11.3 Å². The lowest BCUT2D eigenvalue weighted by molar-refractivity contribution is -0.122. The van der Waals surface area contributed by atoms with Crippen LogP contribution in [0.2, 0.25) is 0 Å². The first-order chi connectivity index (χ1) is 12.2. The summed E-state index contributed by atoms with van der Waals surface area (Å²) in [7, 11) is 1.89. The van der Waals surface area contributed by atoms with E-state index in [9.17, 15) is 4.79 Å². The van der Waals surface area contributed by atoms with E-state index in [1.165, 1.54) is 32.1 Å². The molecule has 6 nitrogen and oxygen atoms in total. The summed E-state index contributed by atoms with van der Waals surface area (Å²) >= 11 is 0. The Hall–Kier alpha value is -1.30. The average molecular weight is 348 g/mol. The summed E-state index contributed by atoms with van der Waals surface area (Å²) in [5.41, 5.74) is 0.568. The maximum atomic E-state index is 12.0. The molecule has 0 aromatic carbocycles. The van der Waals surface area contributed by atoms with E-state index in [1.807, 2.05) is 7.05 Å². The van der Waals surface area contributed by atoms with Gasteiger partial charge in [0.1, 0.15) is 0 Å². The third-order valence-corrected chi connectivity index (χ3v) is 6.58. The molecule has 0 bridgehead atoms. The first-order valence-corrected chi connectivity index (χ1v) is 10.2. The first-order valence-electron chi connectivity index (χ1n) is 10.2. The molecule has 0 aromatic heterocycles. The van der Waals surface area contributed by atoms with Crippen molar-refractivity contribution in [3.8, 4) is 0 Å². The van der Waals surface area contributed by atoms with Gasteiger partial charge in [-0.2, -0.15) is 0 Å². The molecule has 1 amide bonds. The summed E-state index contributed by atoms with van der Waals surface area (Å²) in [6.45, 7) is 5.41. The molecule has 0 aromatic rings. The smallest absolute Gasteiger partial charge is 0.234 e. The number of nitrogens with zero attached hydrogens (tertiary/aromatic N) is 3. The number of aliphatic imine (C=N–C) groups is 1. The molecule has 1 aliphatic heterocycles. The molecule has 0 spiro atoms. The normalized spacial score (nSPS) is 26.9. The minimum atomic E-state index is 0.190. The number of hydrogen-bond donors (Lipinski definition) is 2. The SMILES string of the molecule is CN=C(NCC1(C2CC2)CCC1)N1CCN(CC(=O)NC2CC2)CC1. The maximum absolute atomic E-state index is 12.0. The van der Waals surface area contributed by atoms with Gasteiger partial charge >= 0.3 is 0 Å². The molecule has 3 aliphatic carbocycles. The molecule has 4 aliphatic rings. The lowest BCUT2D eigenvalue weighted by atomic mass is 9.65. The Morgan fingerprint density at radius 1 is 1.12 bits per heavy atom. The van der Waals surface area contributed by atoms with Gasteiger partial charge in [-0.25, -0.2) is 0 Å². The number of hydrogen-bond acceptors (Lipinski definition) is 3. The van der Waals surface area contributed by atoms with Crippen molar-refractivity contribution in [2.45, 2.75) is 51.0 Å². The van der Waals surface area contributed by atoms with Crippen LogP contribution in [0.5, 0.6) is 0 Å². The quantitative estimate of drug-likeness (QED) is 0.557. The van der Waals surface area contributed by atoms with Crippen molar-refractivity contribution in [3.63, 3.8) is 0 Å². The van der Waals surface area contributed by atoms with Crippen LogP contribution >= 0.6 is 0 Å². The molecule has 25 heavy (non-hydrogen) atoms. The highest BCUT2D eigenvalue weighted by Crippen LogP contribution is 2.56. The molecule has 1 heterocycles. The summed E-state index contributed by atoms with van der Waals surface area (Å²) in [6, 6.07) is 0.460. The molecular formula is C19H33N5O. The first kappa shape index (κ1) is 17.1. The summed E-state index contributed by atoms with van der Waals surface area (Å²) in [5, 5.41) is 6.75. The third kappa shape index (κ3) is 4.10. The third-order valence-electron chi connectivity index (χ3n) is 6.58. The molecule has 0 radical (unpaired) electrons. The average Bonchev–Trinajstić information content (AvgIpc) is 3.45. The van der Waals surface area contributed by atoms with Crippen molar-refractivity contribution >= 4 is 11.9 Å². The zero-order valence-electron chi connectivity index (χ0n) is 15.6. The van der Waals surface area contributed by atoms with Crippen LogP contribution in [-0.4, -0.2) is 74.0 Å². The van der Waals surface area contributed by atoms with Crippen LogP contribution in [0.4, 0.5) is 0 Å². The maximum Gasteiger partial charge on any atom is 0.234 e. The predicted molar refractivity (Wildman–Crippen MR) is 99.5 cm³/mol. The highest BCUT2D eigenvalue weighted by Gasteiger charge is 2.48. The summed E-state index contributed by atoms with van der Waals surface area (Å²) in [6.07, 6.45) is 9.37. The minimum absolute atomic E-state index is 0.190. The molecule has 6 heteroatoms. The second kappa shape index (κ2) is 7.14. The molecule has 2 N–H and O–H groups in total. The molecule has 1 saturated heterocycles. The summed E-state index contributed by atoms with van der Waals surface area (Å²) in [4.78, 5) is 21.1. The van der Waals surface area contributed by atoms with Crippen LogP contribution < -0.4 is 10.6 Å². The van der Waals surface area contributed by atoms with E-state index < -0.39 is 0 Å². The van der Waals surface area contributed by atoms with E-state index >= 15 is 0 Å². The van der Waals surface area contributed by atoms with E-state index in [-0.39, 0.29) is 5.91 Å². The van der Waals surface area contributed by atoms with Gasteiger partial charge in [0.15, 0.2) is 5.96 Å². The van der Waals surface area contributed by atoms with Crippen molar-refractivity contribution in [2.75, 3.05) is 46.3 Å². The molecule has 3 saturated carbocycles. The molecule has 140 valence electrons. The van der Waals surface area contributed by atoms with Crippen LogP contribution in [0.25, 0.3) is 0 Å². The zero-order chi connectivity index (χ0) is 17.3. The Balaban J connectivity index is 1.21. The van der Waals surface area contributed by atoms with Crippen LogP contribution in [0.15, 0.2) is 4.99 Å². The van der Waals surface area contributed by atoms with Gasteiger partial charge in [0.05, 0.1) is 6.54 Å². The van der Waals surface area contributed by atoms with Crippen molar-refractivity contribution in [2.24, 2.45) is 16.3 Å². The summed E-state index contributed by atoms with van der Waals surface area (Å²) in [5.74, 6) is 2.21. The largest absolute Gasteiger partial charge is 0.356 e. The van der Waals surface area contributed by atoms with Crippen molar-refractivity contribution in [1.82, 2.24) is 20.4 Å². The second-order valence-corrected chi connectivity index (χ2v) is 8.50. The van der Waals surface area contributed by atoms with Gasteiger partial charge in [-0.1, -0.05) is 6.42 Å². The van der Waals surface area contributed by atoms with Gasteiger partial charge in [-0.15, -0.1) is 0 Å². The fourth-order valence-electron chi connectivity index (χ4n) is 4.47. The number of amides is 1. The van der Waals surface area contributed by atoms with Crippen LogP contribution in [0.3, 0.4) is 0 Å². The number of rotatable bonds is 6. The lowest BCUT2D eigenvalue weighted by Crippen LogP contribution is -2.55. The van der Waals surface area contributed by atoms with Crippen molar-refractivity contribution in [3.05, 3.63) is 0 Å². The van der Waals surface area contributed by atoms with Gasteiger partial charge in [0.25, 0.3) is 0 Å². The Kier molecular flexibility index (Phi) is 4.89. The highest BCUT2D eigenvalue weighted by molar-refractivity contribution is 5.80. The molecular weight excluding hydrogens is 314 g/mol. The van der Waals surface area contributed by atoms with E-state index in [2.05, 4.69) is 25.4 Å². The van der Waals surface area contributed by atoms with Crippen LogP contribution in [-0.2, 0) is 4.79 Å². The van der Waals surface area contributed by atoms with Gasteiger partial charge < -0.3 is 15.5 Å². The fraction of sp³-hybridized carbons (Fsp3) is 0.895. The Labute approximate surface area is 151 Å². The second-order valence-electron chi connectivity index (χ2n) is 8.50. The Bertz CT molecular complexity index is 514. The number of nitrogens with one attached hydrogen (secondary N) is 2. The van der Waals surface area contributed by atoms with Gasteiger partial charge in [-0.05, 0) is 49.9 Å². The lowest BCUT2D eigenvalue weighted by Gasteiger charge is -2.44. The van der Waals surface area contributed by atoms with E-state index in [1.54, 1.807) is 0 Å².